The molecule has 0 atom stereocenters. The van der Waals surface area contributed by atoms with Crippen molar-refractivity contribution in [2.24, 2.45) is 11.8 Å². The quantitative estimate of drug-likeness (QED) is 0.418. The van der Waals surface area contributed by atoms with Crippen LogP contribution in [-0.4, -0.2) is 12.6 Å². The number of hydrogen-bond acceptors (Lipinski definition) is 3. The highest BCUT2D eigenvalue weighted by molar-refractivity contribution is 5.93. The molecule has 0 aliphatic heterocycles. The minimum Gasteiger partial charge on any atom is -0.462 e. The number of carbonyl (C=O) groups excluding carboxylic acids is 1. The van der Waals surface area contributed by atoms with Crippen molar-refractivity contribution >= 4 is 5.97 Å². The number of hydrogen-bond donors (Lipinski definition) is 0. The van der Waals surface area contributed by atoms with Gasteiger partial charge >= 0.3 is 5.97 Å². The van der Waals surface area contributed by atoms with Crippen molar-refractivity contribution in [1.82, 2.24) is 0 Å². The number of nitrogens with zero attached hydrogens (tertiary/aromatic N) is 1. The van der Waals surface area contributed by atoms with Crippen LogP contribution in [0.2, 0.25) is 0 Å². The lowest BCUT2D eigenvalue weighted by Crippen LogP contribution is -2.27. The standard InChI is InChI=1S/C14H19NO2/c1-2-17-14(16)12(9-15)13-10-5-3-6-11(13)8-4-7-10/h10-11H,2-8H2,1H3. The zero-order valence-corrected chi connectivity index (χ0v) is 10.4. The van der Waals surface area contributed by atoms with Crippen LogP contribution in [0.1, 0.15) is 45.4 Å². The van der Waals surface area contributed by atoms with E-state index in [1.165, 1.54) is 12.8 Å². The van der Waals surface area contributed by atoms with E-state index in [4.69, 9.17) is 4.74 Å². The maximum Gasteiger partial charge on any atom is 0.348 e. The van der Waals surface area contributed by atoms with Crippen LogP contribution in [0.5, 0.6) is 0 Å². The van der Waals surface area contributed by atoms with Crippen molar-refractivity contribution in [2.45, 2.75) is 45.4 Å². The fourth-order valence-corrected chi connectivity index (χ4v) is 3.30. The molecular formula is C14H19NO2. The number of esters is 1. The lowest BCUT2D eigenvalue weighted by molar-refractivity contribution is -0.138. The van der Waals surface area contributed by atoms with Crippen LogP contribution in [-0.2, 0) is 9.53 Å². The SMILES string of the molecule is CCOC(=O)C(C#N)=C1C2CCCC1CCC2. The number of ether oxygens (including phenoxy) is 1. The number of carbonyl (C=O) groups is 1. The molecule has 0 N–H and O–H groups in total. The summed E-state index contributed by atoms with van der Waals surface area (Å²) >= 11 is 0. The normalized spacial score (nSPS) is 27.2. The molecule has 0 radical (unpaired) electrons. The Morgan fingerprint density at radius 1 is 1.29 bits per heavy atom. The fourth-order valence-electron chi connectivity index (χ4n) is 3.30. The number of fused-ring (bicyclic) bond motifs is 2. The third-order valence-corrected chi connectivity index (χ3v) is 3.97. The summed E-state index contributed by atoms with van der Waals surface area (Å²) < 4.78 is 4.99. The summed E-state index contributed by atoms with van der Waals surface area (Å²) in [6.07, 6.45) is 7.01. The van der Waals surface area contributed by atoms with Crippen LogP contribution in [0, 0.1) is 23.2 Å². The Labute approximate surface area is 102 Å². The van der Waals surface area contributed by atoms with Gasteiger partial charge in [-0.2, -0.15) is 5.26 Å². The highest BCUT2D eigenvalue weighted by Crippen LogP contribution is 2.45. The molecule has 0 aromatic carbocycles. The van der Waals surface area contributed by atoms with E-state index in [-0.39, 0.29) is 0 Å². The molecular weight excluding hydrogens is 214 g/mol. The molecule has 2 bridgehead atoms. The first-order valence-corrected chi connectivity index (χ1v) is 6.59. The van der Waals surface area contributed by atoms with Crippen LogP contribution < -0.4 is 0 Å². The highest BCUT2D eigenvalue weighted by Gasteiger charge is 2.35. The molecule has 2 aliphatic carbocycles. The fraction of sp³-hybridized carbons (Fsp3) is 0.714. The molecule has 17 heavy (non-hydrogen) atoms. The Kier molecular flexibility index (Phi) is 3.83. The molecule has 2 fully saturated rings. The van der Waals surface area contributed by atoms with Crippen molar-refractivity contribution in [3.63, 3.8) is 0 Å². The molecule has 0 amide bonds. The molecule has 0 aromatic rings. The van der Waals surface area contributed by atoms with Crippen LogP contribution in [0.25, 0.3) is 0 Å². The molecule has 0 aromatic heterocycles. The van der Waals surface area contributed by atoms with Gasteiger partial charge in [-0.05, 0) is 50.0 Å². The molecule has 3 nitrogen and oxygen atoms in total. The van der Waals surface area contributed by atoms with Gasteiger partial charge in [0.1, 0.15) is 11.6 Å². The Bertz CT molecular complexity index is 354. The molecule has 0 saturated heterocycles. The van der Waals surface area contributed by atoms with Gasteiger partial charge in [-0.25, -0.2) is 4.79 Å². The van der Waals surface area contributed by atoms with E-state index < -0.39 is 5.97 Å². The average molecular weight is 233 g/mol. The minimum atomic E-state index is -0.413. The van der Waals surface area contributed by atoms with Crippen molar-refractivity contribution < 1.29 is 9.53 Å². The van der Waals surface area contributed by atoms with Crippen LogP contribution in [0.15, 0.2) is 11.1 Å². The van der Waals surface area contributed by atoms with Gasteiger partial charge in [0.2, 0.25) is 0 Å². The first-order valence-electron chi connectivity index (χ1n) is 6.59. The van der Waals surface area contributed by atoms with Crippen molar-refractivity contribution in [3.05, 3.63) is 11.1 Å². The number of nitriles is 1. The molecule has 2 saturated carbocycles. The Morgan fingerprint density at radius 3 is 2.24 bits per heavy atom. The summed E-state index contributed by atoms with van der Waals surface area (Å²) in [4.78, 5) is 11.8. The van der Waals surface area contributed by atoms with Gasteiger partial charge in [-0.3, -0.25) is 0 Å². The molecule has 0 heterocycles. The Hall–Kier alpha value is -1.30. The first kappa shape index (κ1) is 12.2. The third kappa shape index (κ3) is 2.36. The van der Waals surface area contributed by atoms with Crippen LogP contribution in [0.4, 0.5) is 0 Å². The number of allylic oxidation sites excluding steroid dienone is 1. The molecule has 0 spiro atoms. The zero-order chi connectivity index (χ0) is 12.3. The van der Waals surface area contributed by atoms with Gasteiger partial charge in [0.15, 0.2) is 0 Å². The topological polar surface area (TPSA) is 50.1 Å². The number of rotatable bonds is 2. The second-order valence-electron chi connectivity index (χ2n) is 4.92. The minimum absolute atomic E-state index is 0.307. The van der Waals surface area contributed by atoms with Crippen molar-refractivity contribution in [2.75, 3.05) is 6.61 Å². The zero-order valence-electron chi connectivity index (χ0n) is 10.4. The first-order chi connectivity index (χ1) is 8.27. The third-order valence-electron chi connectivity index (χ3n) is 3.97. The van der Waals surface area contributed by atoms with E-state index in [1.54, 1.807) is 6.92 Å². The second-order valence-corrected chi connectivity index (χ2v) is 4.92. The summed E-state index contributed by atoms with van der Waals surface area (Å²) in [5.74, 6) is 0.506. The van der Waals surface area contributed by atoms with E-state index >= 15 is 0 Å². The maximum atomic E-state index is 11.8. The monoisotopic (exact) mass is 233 g/mol. The van der Waals surface area contributed by atoms with E-state index in [9.17, 15) is 10.1 Å². The van der Waals surface area contributed by atoms with Gasteiger partial charge < -0.3 is 4.74 Å². The van der Waals surface area contributed by atoms with E-state index in [1.807, 2.05) is 0 Å². The molecule has 0 unspecified atom stereocenters. The van der Waals surface area contributed by atoms with Gasteiger partial charge in [0, 0.05) is 0 Å². The maximum absolute atomic E-state index is 11.8. The molecule has 92 valence electrons. The van der Waals surface area contributed by atoms with Crippen LogP contribution >= 0.6 is 0 Å². The van der Waals surface area contributed by atoms with Gasteiger partial charge in [0.25, 0.3) is 0 Å². The van der Waals surface area contributed by atoms with Crippen molar-refractivity contribution in [1.29, 1.82) is 5.26 Å². The lowest BCUT2D eigenvalue weighted by atomic mass is 9.67. The molecule has 3 heteroatoms. The van der Waals surface area contributed by atoms with Gasteiger partial charge in [-0.1, -0.05) is 12.8 Å². The van der Waals surface area contributed by atoms with Gasteiger partial charge in [-0.15, -0.1) is 0 Å². The van der Waals surface area contributed by atoms with E-state index in [0.29, 0.717) is 24.0 Å². The molecule has 2 rings (SSSR count). The summed E-state index contributed by atoms with van der Waals surface area (Å²) in [5.41, 5.74) is 1.42. The summed E-state index contributed by atoms with van der Waals surface area (Å²) in [5, 5.41) is 9.22. The van der Waals surface area contributed by atoms with E-state index in [0.717, 1.165) is 31.3 Å². The summed E-state index contributed by atoms with van der Waals surface area (Å²) in [7, 11) is 0. The van der Waals surface area contributed by atoms with E-state index in [2.05, 4.69) is 6.07 Å². The van der Waals surface area contributed by atoms with Crippen LogP contribution in [0.3, 0.4) is 0 Å². The largest absolute Gasteiger partial charge is 0.462 e. The smallest absolute Gasteiger partial charge is 0.348 e. The van der Waals surface area contributed by atoms with Gasteiger partial charge in [0.05, 0.1) is 6.61 Å². The average Bonchev–Trinajstić information content (AvgIpc) is 2.30. The highest BCUT2D eigenvalue weighted by atomic mass is 16.5. The summed E-state index contributed by atoms with van der Waals surface area (Å²) in [6.45, 7) is 2.12. The Morgan fingerprint density at radius 2 is 1.82 bits per heavy atom. The Balaban J connectivity index is 2.32. The molecule has 2 aliphatic rings. The summed E-state index contributed by atoms with van der Waals surface area (Å²) in [6, 6.07) is 2.09. The lowest BCUT2D eigenvalue weighted by Gasteiger charge is -2.37. The van der Waals surface area contributed by atoms with Crippen molar-refractivity contribution in [3.8, 4) is 6.07 Å². The predicted molar refractivity (Wildman–Crippen MR) is 64.0 cm³/mol. The predicted octanol–water partition coefficient (Wildman–Crippen LogP) is 2.97. The second kappa shape index (κ2) is 5.35.